The van der Waals surface area contributed by atoms with E-state index in [0.717, 1.165) is 18.9 Å². The third kappa shape index (κ3) is 2.97. The third-order valence-corrected chi connectivity index (χ3v) is 3.21. The van der Waals surface area contributed by atoms with Crippen molar-refractivity contribution < 1.29 is 0 Å². The van der Waals surface area contributed by atoms with E-state index in [9.17, 15) is 0 Å². The number of anilines is 1. The number of nitrogens with one attached hydrogen (secondary N) is 1. The van der Waals surface area contributed by atoms with Crippen molar-refractivity contribution in [2.24, 2.45) is 0 Å². The van der Waals surface area contributed by atoms with Crippen molar-refractivity contribution in [1.82, 2.24) is 10.3 Å². The van der Waals surface area contributed by atoms with Crippen LogP contribution >= 0.6 is 0 Å². The Hall–Kier alpha value is -1.09. The molecule has 1 aliphatic rings. The molecule has 2 rings (SSSR count). The van der Waals surface area contributed by atoms with Gasteiger partial charge in [0.2, 0.25) is 0 Å². The molecule has 0 aliphatic carbocycles. The summed E-state index contributed by atoms with van der Waals surface area (Å²) in [6.45, 7) is 10.9. The van der Waals surface area contributed by atoms with Gasteiger partial charge in [0, 0.05) is 31.4 Å². The van der Waals surface area contributed by atoms with Gasteiger partial charge in [-0.3, -0.25) is 0 Å². The van der Waals surface area contributed by atoms with Crippen molar-refractivity contribution in [2.45, 2.75) is 45.7 Å². The fourth-order valence-corrected chi connectivity index (χ4v) is 2.17. The van der Waals surface area contributed by atoms with Crippen molar-refractivity contribution in [3.63, 3.8) is 0 Å². The molecular formula is C14H23N3. The predicted octanol–water partition coefficient (Wildman–Crippen LogP) is 2.39. The summed E-state index contributed by atoms with van der Waals surface area (Å²) >= 11 is 0. The predicted molar refractivity (Wildman–Crippen MR) is 72.6 cm³/mol. The van der Waals surface area contributed by atoms with Crippen molar-refractivity contribution in [3.8, 4) is 0 Å². The minimum absolute atomic E-state index is 0.559. The van der Waals surface area contributed by atoms with Crippen LogP contribution in [0.15, 0.2) is 18.3 Å². The SMILES string of the molecule is CC(C)NC1CN(c2ccc(C(C)C)cn2)C1. The molecule has 0 aromatic carbocycles. The van der Waals surface area contributed by atoms with Gasteiger partial charge in [-0.15, -0.1) is 0 Å². The van der Waals surface area contributed by atoms with Crippen LogP contribution in [0.1, 0.15) is 39.2 Å². The van der Waals surface area contributed by atoms with Crippen LogP contribution < -0.4 is 10.2 Å². The summed E-state index contributed by atoms with van der Waals surface area (Å²) in [5, 5.41) is 3.54. The zero-order valence-corrected chi connectivity index (χ0v) is 11.3. The highest BCUT2D eigenvalue weighted by Crippen LogP contribution is 2.21. The molecule has 0 atom stereocenters. The normalized spacial score (nSPS) is 16.7. The van der Waals surface area contributed by atoms with Crippen LogP contribution in [0.3, 0.4) is 0 Å². The topological polar surface area (TPSA) is 28.2 Å². The largest absolute Gasteiger partial charge is 0.353 e. The first-order valence-corrected chi connectivity index (χ1v) is 6.53. The monoisotopic (exact) mass is 233 g/mol. The van der Waals surface area contributed by atoms with E-state index in [1.165, 1.54) is 5.56 Å². The van der Waals surface area contributed by atoms with Gasteiger partial charge in [-0.1, -0.05) is 33.8 Å². The van der Waals surface area contributed by atoms with Gasteiger partial charge >= 0.3 is 0 Å². The Morgan fingerprint density at radius 3 is 2.41 bits per heavy atom. The maximum absolute atomic E-state index is 4.53. The van der Waals surface area contributed by atoms with E-state index in [4.69, 9.17) is 0 Å². The Morgan fingerprint density at radius 1 is 1.24 bits per heavy atom. The third-order valence-electron chi connectivity index (χ3n) is 3.21. The van der Waals surface area contributed by atoms with Crippen LogP contribution in [0.2, 0.25) is 0 Å². The molecule has 0 spiro atoms. The molecule has 1 aromatic heterocycles. The van der Waals surface area contributed by atoms with Gasteiger partial charge in [0.1, 0.15) is 5.82 Å². The summed E-state index contributed by atoms with van der Waals surface area (Å²) in [6, 6.07) is 5.52. The van der Waals surface area contributed by atoms with E-state index in [2.05, 4.69) is 55.0 Å². The summed E-state index contributed by atoms with van der Waals surface area (Å²) < 4.78 is 0. The Morgan fingerprint density at radius 2 is 1.94 bits per heavy atom. The number of hydrogen-bond donors (Lipinski definition) is 1. The van der Waals surface area contributed by atoms with Gasteiger partial charge in [0.15, 0.2) is 0 Å². The molecule has 94 valence electrons. The Bertz CT molecular complexity index is 350. The Kier molecular flexibility index (Phi) is 3.67. The number of hydrogen-bond acceptors (Lipinski definition) is 3. The molecule has 0 saturated carbocycles. The molecular weight excluding hydrogens is 210 g/mol. The zero-order chi connectivity index (χ0) is 12.4. The minimum Gasteiger partial charge on any atom is -0.353 e. The fourth-order valence-electron chi connectivity index (χ4n) is 2.17. The molecule has 0 radical (unpaired) electrons. The van der Waals surface area contributed by atoms with E-state index in [1.54, 1.807) is 0 Å². The number of aromatic nitrogens is 1. The van der Waals surface area contributed by atoms with Gasteiger partial charge in [-0.2, -0.15) is 0 Å². The first kappa shape index (κ1) is 12.4. The molecule has 17 heavy (non-hydrogen) atoms. The highest BCUT2D eigenvalue weighted by molar-refractivity contribution is 5.43. The van der Waals surface area contributed by atoms with Crippen LogP contribution in [-0.2, 0) is 0 Å². The lowest BCUT2D eigenvalue weighted by Gasteiger charge is -2.41. The van der Waals surface area contributed by atoms with Crippen molar-refractivity contribution in [1.29, 1.82) is 0 Å². The quantitative estimate of drug-likeness (QED) is 0.865. The molecule has 0 bridgehead atoms. The summed E-state index contributed by atoms with van der Waals surface area (Å²) in [5.41, 5.74) is 1.31. The average Bonchev–Trinajstić information content (AvgIpc) is 2.23. The minimum atomic E-state index is 0.559. The van der Waals surface area contributed by atoms with Crippen LogP contribution in [0.5, 0.6) is 0 Å². The lowest BCUT2D eigenvalue weighted by molar-refractivity contribution is 0.387. The Labute approximate surface area is 104 Å². The van der Waals surface area contributed by atoms with Gasteiger partial charge in [0.25, 0.3) is 0 Å². The first-order valence-electron chi connectivity index (χ1n) is 6.53. The number of rotatable bonds is 4. The highest BCUT2D eigenvalue weighted by atomic mass is 15.3. The molecule has 1 aliphatic heterocycles. The molecule has 3 heteroatoms. The van der Waals surface area contributed by atoms with Crippen molar-refractivity contribution in [2.75, 3.05) is 18.0 Å². The summed E-state index contributed by atoms with van der Waals surface area (Å²) in [6.07, 6.45) is 2.00. The summed E-state index contributed by atoms with van der Waals surface area (Å²) in [5.74, 6) is 1.67. The highest BCUT2D eigenvalue weighted by Gasteiger charge is 2.27. The molecule has 1 saturated heterocycles. The van der Waals surface area contributed by atoms with Crippen LogP contribution in [-0.4, -0.2) is 30.2 Å². The maximum atomic E-state index is 4.53. The molecule has 1 fully saturated rings. The van der Waals surface area contributed by atoms with E-state index < -0.39 is 0 Å². The smallest absolute Gasteiger partial charge is 0.128 e. The van der Waals surface area contributed by atoms with Gasteiger partial charge in [-0.25, -0.2) is 4.98 Å². The van der Waals surface area contributed by atoms with Gasteiger partial charge < -0.3 is 10.2 Å². The lowest BCUT2D eigenvalue weighted by Crippen LogP contribution is -2.59. The van der Waals surface area contributed by atoms with Crippen LogP contribution in [0.25, 0.3) is 0 Å². The van der Waals surface area contributed by atoms with E-state index in [0.29, 0.717) is 18.0 Å². The van der Waals surface area contributed by atoms with Crippen LogP contribution in [0.4, 0.5) is 5.82 Å². The standard InChI is InChI=1S/C14H23N3/c1-10(2)12-5-6-14(15-7-12)17-8-13(9-17)16-11(3)4/h5-7,10-11,13,16H,8-9H2,1-4H3. The fraction of sp³-hybridized carbons (Fsp3) is 0.643. The van der Waals surface area contributed by atoms with E-state index >= 15 is 0 Å². The number of pyridine rings is 1. The molecule has 1 N–H and O–H groups in total. The average molecular weight is 233 g/mol. The second-order valence-corrected chi connectivity index (χ2v) is 5.53. The summed E-state index contributed by atoms with van der Waals surface area (Å²) in [4.78, 5) is 6.86. The van der Waals surface area contributed by atoms with E-state index in [1.807, 2.05) is 6.20 Å². The molecule has 3 nitrogen and oxygen atoms in total. The molecule has 0 amide bonds. The molecule has 2 heterocycles. The van der Waals surface area contributed by atoms with E-state index in [-0.39, 0.29) is 0 Å². The molecule has 0 unspecified atom stereocenters. The summed E-state index contributed by atoms with van der Waals surface area (Å²) in [7, 11) is 0. The Balaban J connectivity index is 1.88. The number of nitrogens with zero attached hydrogens (tertiary/aromatic N) is 2. The van der Waals surface area contributed by atoms with Crippen molar-refractivity contribution >= 4 is 5.82 Å². The second kappa shape index (κ2) is 5.05. The lowest BCUT2D eigenvalue weighted by atomic mass is 10.1. The molecule has 1 aromatic rings. The maximum Gasteiger partial charge on any atom is 0.128 e. The van der Waals surface area contributed by atoms with Crippen LogP contribution in [0, 0.1) is 0 Å². The van der Waals surface area contributed by atoms with Gasteiger partial charge in [0.05, 0.1) is 0 Å². The second-order valence-electron chi connectivity index (χ2n) is 5.53. The van der Waals surface area contributed by atoms with Crippen molar-refractivity contribution in [3.05, 3.63) is 23.9 Å². The zero-order valence-electron chi connectivity index (χ0n) is 11.3. The first-order chi connectivity index (χ1) is 8.06. The van der Waals surface area contributed by atoms with Gasteiger partial charge in [-0.05, 0) is 17.5 Å².